The zero-order chi connectivity index (χ0) is 12.5. The first kappa shape index (κ1) is 11.3. The zero-order valence-corrected chi connectivity index (χ0v) is 10.5. The van der Waals surface area contributed by atoms with Gasteiger partial charge in [-0.3, -0.25) is 0 Å². The van der Waals surface area contributed by atoms with E-state index in [1.165, 1.54) is 5.69 Å². The smallest absolute Gasteiger partial charge is 0.118 e. The molecule has 0 spiro atoms. The van der Waals surface area contributed by atoms with E-state index in [4.69, 9.17) is 10.5 Å². The lowest BCUT2D eigenvalue weighted by Crippen LogP contribution is -2.31. The van der Waals surface area contributed by atoms with E-state index >= 15 is 0 Å². The van der Waals surface area contributed by atoms with Gasteiger partial charge in [0.15, 0.2) is 0 Å². The number of nitrogens with two attached hydrogens (primary N) is 1. The number of benzene rings is 1. The van der Waals surface area contributed by atoms with Gasteiger partial charge in [-0.1, -0.05) is 0 Å². The van der Waals surface area contributed by atoms with Crippen molar-refractivity contribution in [3.05, 3.63) is 36.3 Å². The number of methoxy groups -OCH3 is 1. The van der Waals surface area contributed by atoms with Crippen LogP contribution >= 0.6 is 0 Å². The van der Waals surface area contributed by atoms with E-state index in [0.29, 0.717) is 0 Å². The Kier molecular flexibility index (Phi) is 2.80. The summed E-state index contributed by atoms with van der Waals surface area (Å²) >= 11 is 0. The molecule has 1 unspecified atom stereocenters. The SMILES string of the molecule is COc1ccc(-c2ncn3c2CCC(N)C3)cc1. The third-order valence-corrected chi connectivity index (χ3v) is 3.49. The number of fused-ring (bicyclic) bond motifs is 1. The van der Waals surface area contributed by atoms with Gasteiger partial charge in [0.2, 0.25) is 0 Å². The Balaban J connectivity index is 1.97. The standard InChI is InChI=1S/C14H17N3O/c1-18-12-5-2-10(3-6-12)14-13-7-4-11(15)8-17(13)9-16-14/h2-3,5-6,9,11H,4,7-8,15H2,1H3. The van der Waals surface area contributed by atoms with Crippen LogP contribution in [-0.4, -0.2) is 22.7 Å². The minimum atomic E-state index is 0.260. The number of hydrogen-bond donors (Lipinski definition) is 1. The van der Waals surface area contributed by atoms with Gasteiger partial charge in [-0.05, 0) is 37.1 Å². The molecule has 1 aliphatic heterocycles. The van der Waals surface area contributed by atoms with Gasteiger partial charge in [-0.2, -0.15) is 0 Å². The molecule has 18 heavy (non-hydrogen) atoms. The van der Waals surface area contributed by atoms with Crippen LogP contribution < -0.4 is 10.5 Å². The molecule has 0 saturated heterocycles. The van der Waals surface area contributed by atoms with E-state index in [1.54, 1.807) is 7.11 Å². The van der Waals surface area contributed by atoms with Crippen molar-refractivity contribution in [2.24, 2.45) is 5.73 Å². The molecule has 2 aromatic rings. The summed E-state index contributed by atoms with van der Waals surface area (Å²) in [6, 6.07) is 8.30. The van der Waals surface area contributed by atoms with E-state index in [9.17, 15) is 0 Å². The Morgan fingerprint density at radius 2 is 2.11 bits per heavy atom. The second-order valence-corrected chi connectivity index (χ2v) is 4.72. The predicted molar refractivity (Wildman–Crippen MR) is 70.5 cm³/mol. The summed E-state index contributed by atoms with van der Waals surface area (Å²) in [7, 11) is 1.68. The molecule has 1 atom stereocenters. The fourth-order valence-corrected chi connectivity index (χ4v) is 2.48. The quantitative estimate of drug-likeness (QED) is 0.875. The van der Waals surface area contributed by atoms with Crippen LogP contribution in [0.4, 0.5) is 0 Å². The zero-order valence-electron chi connectivity index (χ0n) is 10.5. The van der Waals surface area contributed by atoms with Crippen LogP contribution in [0, 0.1) is 0 Å². The first-order valence-corrected chi connectivity index (χ1v) is 6.22. The van der Waals surface area contributed by atoms with Crippen molar-refractivity contribution in [3.63, 3.8) is 0 Å². The van der Waals surface area contributed by atoms with Crippen LogP contribution in [0.5, 0.6) is 5.75 Å². The van der Waals surface area contributed by atoms with Crippen LogP contribution in [0.2, 0.25) is 0 Å². The molecule has 0 aliphatic carbocycles. The number of ether oxygens (including phenoxy) is 1. The van der Waals surface area contributed by atoms with Crippen molar-refractivity contribution in [1.82, 2.24) is 9.55 Å². The minimum Gasteiger partial charge on any atom is -0.497 e. The number of nitrogens with zero attached hydrogens (tertiary/aromatic N) is 2. The molecule has 4 heteroatoms. The van der Waals surface area contributed by atoms with Gasteiger partial charge in [-0.15, -0.1) is 0 Å². The van der Waals surface area contributed by atoms with Crippen LogP contribution in [0.3, 0.4) is 0 Å². The fourth-order valence-electron chi connectivity index (χ4n) is 2.48. The Labute approximate surface area is 106 Å². The van der Waals surface area contributed by atoms with Gasteiger partial charge in [0.25, 0.3) is 0 Å². The second-order valence-electron chi connectivity index (χ2n) is 4.72. The second kappa shape index (κ2) is 4.46. The van der Waals surface area contributed by atoms with E-state index in [0.717, 1.165) is 36.4 Å². The molecule has 2 N–H and O–H groups in total. The van der Waals surface area contributed by atoms with E-state index in [2.05, 4.69) is 21.7 Å². The van der Waals surface area contributed by atoms with Gasteiger partial charge in [-0.25, -0.2) is 4.98 Å². The summed E-state index contributed by atoms with van der Waals surface area (Å²) in [5.74, 6) is 0.869. The molecular formula is C14H17N3O. The molecule has 0 radical (unpaired) electrons. The average molecular weight is 243 g/mol. The molecule has 0 fully saturated rings. The maximum Gasteiger partial charge on any atom is 0.118 e. The average Bonchev–Trinajstić information content (AvgIpc) is 2.81. The molecule has 4 nitrogen and oxygen atoms in total. The lowest BCUT2D eigenvalue weighted by Gasteiger charge is -2.21. The summed E-state index contributed by atoms with van der Waals surface area (Å²) in [5.41, 5.74) is 9.48. The molecule has 1 aromatic carbocycles. The van der Waals surface area contributed by atoms with Crippen molar-refractivity contribution >= 4 is 0 Å². The Morgan fingerprint density at radius 1 is 1.33 bits per heavy atom. The Hall–Kier alpha value is -1.81. The third kappa shape index (κ3) is 1.88. The molecule has 94 valence electrons. The first-order chi connectivity index (χ1) is 8.78. The molecular weight excluding hydrogens is 226 g/mol. The number of aromatic nitrogens is 2. The highest BCUT2D eigenvalue weighted by Gasteiger charge is 2.19. The summed E-state index contributed by atoms with van der Waals surface area (Å²) in [5, 5.41) is 0. The molecule has 2 heterocycles. The van der Waals surface area contributed by atoms with Gasteiger partial charge >= 0.3 is 0 Å². The lowest BCUT2D eigenvalue weighted by atomic mass is 10.0. The summed E-state index contributed by atoms with van der Waals surface area (Å²) in [6.45, 7) is 0.874. The van der Waals surface area contributed by atoms with Gasteiger partial charge in [0.1, 0.15) is 5.75 Å². The molecule has 1 aliphatic rings. The van der Waals surface area contributed by atoms with Crippen molar-refractivity contribution in [2.75, 3.05) is 7.11 Å². The van der Waals surface area contributed by atoms with Crippen LogP contribution in [0.1, 0.15) is 12.1 Å². The Morgan fingerprint density at radius 3 is 2.83 bits per heavy atom. The number of hydrogen-bond acceptors (Lipinski definition) is 3. The summed E-state index contributed by atoms with van der Waals surface area (Å²) < 4.78 is 7.35. The molecule has 0 bridgehead atoms. The summed E-state index contributed by atoms with van der Waals surface area (Å²) in [6.07, 6.45) is 3.94. The Bertz CT molecular complexity index is 545. The van der Waals surface area contributed by atoms with Crippen LogP contribution in [0.15, 0.2) is 30.6 Å². The number of rotatable bonds is 2. The highest BCUT2D eigenvalue weighted by molar-refractivity contribution is 5.63. The highest BCUT2D eigenvalue weighted by Crippen LogP contribution is 2.27. The van der Waals surface area contributed by atoms with Crippen molar-refractivity contribution < 1.29 is 4.74 Å². The monoisotopic (exact) mass is 243 g/mol. The lowest BCUT2D eigenvalue weighted by molar-refractivity contribution is 0.415. The molecule has 1 aromatic heterocycles. The maximum absolute atomic E-state index is 5.97. The maximum atomic E-state index is 5.97. The summed E-state index contributed by atoms with van der Waals surface area (Å²) in [4.78, 5) is 4.52. The van der Waals surface area contributed by atoms with E-state index in [-0.39, 0.29) is 6.04 Å². The molecule has 0 amide bonds. The number of imidazole rings is 1. The highest BCUT2D eigenvalue weighted by atomic mass is 16.5. The minimum absolute atomic E-state index is 0.260. The topological polar surface area (TPSA) is 53.1 Å². The molecule has 0 saturated carbocycles. The molecule has 3 rings (SSSR count). The fraction of sp³-hybridized carbons (Fsp3) is 0.357. The van der Waals surface area contributed by atoms with Crippen LogP contribution in [-0.2, 0) is 13.0 Å². The van der Waals surface area contributed by atoms with Crippen LogP contribution in [0.25, 0.3) is 11.3 Å². The predicted octanol–water partition coefficient (Wildman–Crippen LogP) is 1.83. The van der Waals surface area contributed by atoms with Crippen molar-refractivity contribution in [3.8, 4) is 17.0 Å². The largest absolute Gasteiger partial charge is 0.497 e. The van der Waals surface area contributed by atoms with Gasteiger partial charge in [0, 0.05) is 23.8 Å². The first-order valence-electron chi connectivity index (χ1n) is 6.22. The van der Waals surface area contributed by atoms with Gasteiger partial charge < -0.3 is 15.0 Å². The van der Waals surface area contributed by atoms with E-state index in [1.807, 2.05) is 18.5 Å². The van der Waals surface area contributed by atoms with E-state index < -0.39 is 0 Å². The van der Waals surface area contributed by atoms with Gasteiger partial charge in [0.05, 0.1) is 19.1 Å². The third-order valence-electron chi connectivity index (χ3n) is 3.49. The normalized spacial score (nSPS) is 18.4. The van der Waals surface area contributed by atoms with Crippen molar-refractivity contribution in [1.29, 1.82) is 0 Å². The van der Waals surface area contributed by atoms with Crippen molar-refractivity contribution in [2.45, 2.75) is 25.4 Å².